The van der Waals surface area contributed by atoms with Gasteiger partial charge in [-0.3, -0.25) is 0 Å². The number of rotatable bonds is 5. The van der Waals surface area contributed by atoms with E-state index < -0.39 is 0 Å². The topological polar surface area (TPSA) is 33.1 Å². The lowest BCUT2D eigenvalue weighted by molar-refractivity contribution is 0.254. The predicted octanol–water partition coefficient (Wildman–Crippen LogP) is 1.71. The number of aromatic nitrogens is 2. The summed E-state index contributed by atoms with van der Waals surface area (Å²) in [5.41, 5.74) is 0. The van der Waals surface area contributed by atoms with Gasteiger partial charge in [-0.25, -0.2) is 4.98 Å². The summed E-state index contributed by atoms with van der Waals surface area (Å²) >= 11 is 0. The second-order valence-corrected chi connectivity index (χ2v) is 4.71. The van der Waals surface area contributed by atoms with E-state index in [9.17, 15) is 0 Å². The zero-order valence-electron chi connectivity index (χ0n) is 10.3. The van der Waals surface area contributed by atoms with E-state index in [-0.39, 0.29) is 0 Å². The maximum atomic E-state index is 4.24. The molecule has 1 aliphatic carbocycles. The first-order chi connectivity index (χ1) is 7.77. The van der Waals surface area contributed by atoms with Crippen LogP contribution < -0.4 is 5.32 Å². The molecule has 2 rings (SSSR count). The van der Waals surface area contributed by atoms with Crippen molar-refractivity contribution in [3.63, 3.8) is 0 Å². The van der Waals surface area contributed by atoms with Gasteiger partial charge >= 0.3 is 0 Å². The molecule has 0 saturated heterocycles. The summed E-state index contributed by atoms with van der Waals surface area (Å²) in [5.74, 6) is 0.958. The molecule has 1 aromatic heterocycles. The predicted molar refractivity (Wildman–Crippen MR) is 66.6 cm³/mol. The molecule has 0 amide bonds. The highest BCUT2D eigenvalue weighted by Crippen LogP contribution is 2.21. The van der Waals surface area contributed by atoms with Crippen molar-refractivity contribution in [2.45, 2.75) is 31.7 Å². The van der Waals surface area contributed by atoms with Crippen molar-refractivity contribution in [1.29, 1.82) is 0 Å². The van der Waals surface area contributed by atoms with Crippen LogP contribution in [-0.2, 0) is 7.05 Å². The normalized spacial score (nSPS) is 17.2. The Balaban J connectivity index is 1.69. The Bertz CT molecular complexity index is 315. The fraction of sp³-hybridized carbons (Fsp3) is 0.750. The summed E-state index contributed by atoms with van der Waals surface area (Å²) in [6.45, 7) is 2.06. The lowest BCUT2D eigenvalue weighted by atomic mass is 10.2. The lowest BCUT2D eigenvalue weighted by Crippen LogP contribution is -2.33. The van der Waals surface area contributed by atoms with Crippen molar-refractivity contribution in [3.8, 4) is 0 Å². The van der Waals surface area contributed by atoms with E-state index in [0.29, 0.717) is 0 Å². The van der Waals surface area contributed by atoms with Crippen LogP contribution in [0.15, 0.2) is 12.4 Å². The van der Waals surface area contributed by atoms with Gasteiger partial charge in [0.15, 0.2) is 0 Å². The molecule has 0 spiro atoms. The molecule has 1 saturated carbocycles. The fourth-order valence-corrected chi connectivity index (χ4v) is 2.41. The van der Waals surface area contributed by atoms with Crippen molar-refractivity contribution in [3.05, 3.63) is 12.4 Å². The van der Waals surface area contributed by atoms with Crippen LogP contribution in [-0.4, -0.2) is 40.6 Å². The molecule has 16 heavy (non-hydrogen) atoms. The molecule has 4 nitrogen and oxygen atoms in total. The molecule has 0 bridgehead atoms. The van der Waals surface area contributed by atoms with E-state index in [1.54, 1.807) is 0 Å². The summed E-state index contributed by atoms with van der Waals surface area (Å²) in [5, 5.41) is 3.36. The van der Waals surface area contributed by atoms with Gasteiger partial charge in [-0.15, -0.1) is 0 Å². The second kappa shape index (κ2) is 5.34. The number of anilines is 1. The summed E-state index contributed by atoms with van der Waals surface area (Å²) < 4.78 is 2.01. The molecule has 0 aliphatic heterocycles. The maximum absolute atomic E-state index is 4.24. The maximum Gasteiger partial charge on any atom is 0.202 e. The minimum absolute atomic E-state index is 0.808. The molecule has 0 aromatic carbocycles. The van der Waals surface area contributed by atoms with Crippen molar-refractivity contribution < 1.29 is 0 Å². The Morgan fingerprint density at radius 1 is 1.50 bits per heavy atom. The molecule has 1 heterocycles. The average Bonchev–Trinajstić information content (AvgIpc) is 2.90. The molecule has 4 heteroatoms. The number of nitrogens with one attached hydrogen (secondary N) is 1. The standard InChI is InChI=1S/C12H22N4/c1-15(11-5-3-4-6-11)9-7-13-12-14-8-10-16(12)2/h8,10-11H,3-7,9H2,1-2H3,(H,13,14). The van der Waals surface area contributed by atoms with Crippen LogP contribution in [0.4, 0.5) is 5.95 Å². The second-order valence-electron chi connectivity index (χ2n) is 4.71. The van der Waals surface area contributed by atoms with E-state index in [2.05, 4.69) is 22.2 Å². The van der Waals surface area contributed by atoms with Crippen LogP contribution in [0.5, 0.6) is 0 Å². The lowest BCUT2D eigenvalue weighted by Gasteiger charge is -2.23. The van der Waals surface area contributed by atoms with E-state index in [1.165, 1.54) is 25.7 Å². The summed E-state index contributed by atoms with van der Waals surface area (Å²) in [6, 6.07) is 0.808. The Morgan fingerprint density at radius 2 is 2.25 bits per heavy atom. The molecule has 1 fully saturated rings. The Morgan fingerprint density at radius 3 is 2.88 bits per heavy atom. The molecule has 0 unspecified atom stereocenters. The number of imidazole rings is 1. The molecular weight excluding hydrogens is 200 g/mol. The van der Waals surface area contributed by atoms with Gasteiger partial charge in [0, 0.05) is 38.6 Å². The van der Waals surface area contributed by atoms with E-state index in [0.717, 1.165) is 25.1 Å². The van der Waals surface area contributed by atoms with Crippen molar-refractivity contribution in [2.24, 2.45) is 7.05 Å². The molecule has 90 valence electrons. The Labute approximate surface area is 97.7 Å². The molecule has 1 aliphatic rings. The summed E-state index contributed by atoms with van der Waals surface area (Å²) in [7, 11) is 4.24. The summed E-state index contributed by atoms with van der Waals surface area (Å²) in [4.78, 5) is 6.72. The first-order valence-corrected chi connectivity index (χ1v) is 6.19. The monoisotopic (exact) mass is 222 g/mol. The molecule has 1 aromatic rings. The minimum Gasteiger partial charge on any atom is -0.354 e. The van der Waals surface area contributed by atoms with Gasteiger partial charge in [0.2, 0.25) is 5.95 Å². The van der Waals surface area contributed by atoms with Gasteiger partial charge in [-0.05, 0) is 19.9 Å². The highest BCUT2D eigenvalue weighted by molar-refractivity contribution is 5.24. The van der Waals surface area contributed by atoms with Crippen molar-refractivity contribution in [1.82, 2.24) is 14.5 Å². The average molecular weight is 222 g/mol. The third kappa shape index (κ3) is 2.76. The van der Waals surface area contributed by atoms with Crippen LogP contribution in [0, 0.1) is 0 Å². The van der Waals surface area contributed by atoms with Gasteiger partial charge in [-0.2, -0.15) is 0 Å². The fourth-order valence-electron chi connectivity index (χ4n) is 2.41. The van der Waals surface area contributed by atoms with E-state index in [4.69, 9.17) is 0 Å². The van der Waals surface area contributed by atoms with Crippen LogP contribution >= 0.6 is 0 Å². The van der Waals surface area contributed by atoms with Gasteiger partial charge in [0.1, 0.15) is 0 Å². The Hall–Kier alpha value is -1.03. The largest absolute Gasteiger partial charge is 0.354 e. The van der Waals surface area contributed by atoms with E-state index >= 15 is 0 Å². The third-order valence-electron chi connectivity index (χ3n) is 3.52. The highest BCUT2D eigenvalue weighted by atomic mass is 15.2. The van der Waals surface area contributed by atoms with Crippen molar-refractivity contribution in [2.75, 3.05) is 25.5 Å². The zero-order valence-corrected chi connectivity index (χ0v) is 10.3. The zero-order chi connectivity index (χ0) is 11.4. The highest BCUT2D eigenvalue weighted by Gasteiger charge is 2.18. The summed E-state index contributed by atoms with van der Waals surface area (Å²) in [6.07, 6.45) is 9.34. The smallest absolute Gasteiger partial charge is 0.202 e. The van der Waals surface area contributed by atoms with E-state index in [1.807, 2.05) is 24.0 Å². The van der Waals surface area contributed by atoms with Gasteiger partial charge in [-0.1, -0.05) is 12.8 Å². The number of aryl methyl sites for hydroxylation is 1. The molecule has 1 N–H and O–H groups in total. The number of nitrogens with zero attached hydrogens (tertiary/aromatic N) is 3. The first kappa shape index (κ1) is 11.5. The quantitative estimate of drug-likeness (QED) is 0.823. The number of hydrogen-bond donors (Lipinski definition) is 1. The molecule has 0 radical (unpaired) electrons. The van der Waals surface area contributed by atoms with Gasteiger partial charge < -0.3 is 14.8 Å². The molecule has 0 atom stereocenters. The number of likely N-dealkylation sites (N-methyl/N-ethyl adjacent to an activating group) is 1. The van der Waals surface area contributed by atoms with Gasteiger partial charge in [0.25, 0.3) is 0 Å². The third-order valence-corrected chi connectivity index (χ3v) is 3.52. The van der Waals surface area contributed by atoms with Crippen molar-refractivity contribution >= 4 is 5.95 Å². The van der Waals surface area contributed by atoms with Crippen LogP contribution in [0.1, 0.15) is 25.7 Å². The SMILES string of the molecule is CN(CCNc1nccn1C)C1CCCC1. The van der Waals surface area contributed by atoms with Crippen LogP contribution in [0.3, 0.4) is 0 Å². The first-order valence-electron chi connectivity index (χ1n) is 6.19. The minimum atomic E-state index is 0.808. The Kier molecular flexibility index (Phi) is 3.83. The molecular formula is C12H22N4. The number of hydrogen-bond acceptors (Lipinski definition) is 3. The van der Waals surface area contributed by atoms with Gasteiger partial charge in [0.05, 0.1) is 0 Å². The van der Waals surface area contributed by atoms with Crippen LogP contribution in [0.2, 0.25) is 0 Å². The van der Waals surface area contributed by atoms with Crippen LogP contribution in [0.25, 0.3) is 0 Å².